The molecule has 0 N–H and O–H groups in total. The zero-order chi connectivity index (χ0) is 14.9. The SMILES string of the molecule is Cc1ccc(CN2C(=O)C(=O)N(CC(C)C)C2=O)cc1. The topological polar surface area (TPSA) is 57.7 Å². The number of carbonyl (C=O) groups excluding carboxylic acids is 3. The second kappa shape index (κ2) is 5.45. The lowest BCUT2D eigenvalue weighted by molar-refractivity contribution is -0.143. The highest BCUT2D eigenvalue weighted by Crippen LogP contribution is 2.17. The molecule has 4 amide bonds. The molecule has 1 aliphatic heterocycles. The summed E-state index contributed by atoms with van der Waals surface area (Å²) < 4.78 is 0. The Hall–Kier alpha value is -2.17. The number of rotatable bonds is 4. The molecule has 0 unspecified atom stereocenters. The first-order valence-electron chi connectivity index (χ1n) is 6.63. The van der Waals surface area contributed by atoms with Gasteiger partial charge in [-0.2, -0.15) is 0 Å². The second-order valence-corrected chi connectivity index (χ2v) is 5.47. The minimum Gasteiger partial charge on any atom is -0.263 e. The Bertz CT molecular complexity index is 549. The van der Waals surface area contributed by atoms with Crippen LogP contribution in [0.3, 0.4) is 0 Å². The van der Waals surface area contributed by atoms with Crippen LogP contribution in [-0.4, -0.2) is 34.2 Å². The van der Waals surface area contributed by atoms with Crippen molar-refractivity contribution >= 4 is 17.8 Å². The predicted molar refractivity (Wildman–Crippen MR) is 73.7 cm³/mol. The van der Waals surface area contributed by atoms with Crippen molar-refractivity contribution in [3.63, 3.8) is 0 Å². The minimum absolute atomic E-state index is 0.134. The fourth-order valence-corrected chi connectivity index (χ4v) is 2.09. The maximum atomic E-state index is 12.1. The number of benzene rings is 1. The summed E-state index contributed by atoms with van der Waals surface area (Å²) in [6.45, 7) is 6.16. The first-order valence-corrected chi connectivity index (χ1v) is 6.63. The molecule has 0 atom stereocenters. The molecule has 0 aliphatic carbocycles. The highest BCUT2D eigenvalue weighted by Gasteiger charge is 2.44. The van der Waals surface area contributed by atoms with E-state index in [2.05, 4.69) is 0 Å². The van der Waals surface area contributed by atoms with Gasteiger partial charge < -0.3 is 0 Å². The van der Waals surface area contributed by atoms with Crippen LogP contribution >= 0.6 is 0 Å². The van der Waals surface area contributed by atoms with Crippen molar-refractivity contribution < 1.29 is 14.4 Å². The Morgan fingerprint density at radius 2 is 1.50 bits per heavy atom. The Morgan fingerprint density at radius 1 is 0.950 bits per heavy atom. The summed E-state index contributed by atoms with van der Waals surface area (Å²) in [5.41, 5.74) is 1.93. The molecule has 0 spiro atoms. The van der Waals surface area contributed by atoms with Gasteiger partial charge in [0.25, 0.3) is 0 Å². The fraction of sp³-hybridized carbons (Fsp3) is 0.400. The van der Waals surface area contributed by atoms with Crippen molar-refractivity contribution in [2.45, 2.75) is 27.3 Å². The molecule has 0 bridgehead atoms. The van der Waals surface area contributed by atoms with Gasteiger partial charge in [0.05, 0.1) is 6.54 Å². The molecule has 0 aromatic heterocycles. The van der Waals surface area contributed by atoms with Crippen LogP contribution in [0.5, 0.6) is 0 Å². The van der Waals surface area contributed by atoms with E-state index in [1.807, 2.05) is 45.0 Å². The van der Waals surface area contributed by atoms with Crippen LogP contribution in [0, 0.1) is 12.8 Å². The van der Waals surface area contributed by atoms with Gasteiger partial charge >= 0.3 is 17.8 Å². The van der Waals surface area contributed by atoms with Crippen LogP contribution in [-0.2, 0) is 16.1 Å². The molecule has 0 radical (unpaired) electrons. The summed E-state index contributed by atoms with van der Waals surface area (Å²) >= 11 is 0. The average molecular weight is 274 g/mol. The molecule has 1 aliphatic rings. The molecule has 1 fully saturated rings. The fourth-order valence-electron chi connectivity index (χ4n) is 2.09. The van der Waals surface area contributed by atoms with Crippen LogP contribution in [0.15, 0.2) is 24.3 Å². The number of carbonyl (C=O) groups is 3. The van der Waals surface area contributed by atoms with Crippen molar-refractivity contribution in [2.75, 3.05) is 6.54 Å². The standard InChI is InChI=1S/C15H18N2O3/c1-10(2)8-16-13(18)14(19)17(15(16)20)9-12-6-4-11(3)5-7-12/h4-7,10H,8-9H2,1-3H3. The summed E-state index contributed by atoms with van der Waals surface area (Å²) in [7, 11) is 0. The van der Waals surface area contributed by atoms with Crippen molar-refractivity contribution in [2.24, 2.45) is 5.92 Å². The Labute approximate surface area is 118 Å². The van der Waals surface area contributed by atoms with Crippen LogP contribution in [0.2, 0.25) is 0 Å². The molecular weight excluding hydrogens is 256 g/mol. The lowest BCUT2D eigenvalue weighted by atomic mass is 10.1. The Kier molecular flexibility index (Phi) is 3.88. The van der Waals surface area contributed by atoms with Crippen molar-refractivity contribution in [3.8, 4) is 0 Å². The van der Waals surface area contributed by atoms with Crippen LogP contribution < -0.4 is 0 Å². The van der Waals surface area contributed by atoms with Gasteiger partial charge in [0.15, 0.2) is 0 Å². The monoisotopic (exact) mass is 274 g/mol. The van der Waals surface area contributed by atoms with Gasteiger partial charge in [0.1, 0.15) is 0 Å². The summed E-state index contributed by atoms with van der Waals surface area (Å²) in [4.78, 5) is 37.9. The molecule has 106 valence electrons. The predicted octanol–water partition coefficient (Wildman–Crippen LogP) is 1.94. The van der Waals surface area contributed by atoms with Gasteiger partial charge in [0, 0.05) is 6.54 Å². The highest BCUT2D eigenvalue weighted by atomic mass is 16.2. The molecule has 1 heterocycles. The van der Waals surface area contributed by atoms with Crippen molar-refractivity contribution in [3.05, 3.63) is 35.4 Å². The van der Waals surface area contributed by atoms with E-state index in [-0.39, 0.29) is 19.0 Å². The van der Waals surface area contributed by atoms with E-state index < -0.39 is 17.8 Å². The van der Waals surface area contributed by atoms with E-state index in [1.54, 1.807) is 0 Å². The van der Waals surface area contributed by atoms with Crippen LogP contribution in [0.25, 0.3) is 0 Å². The maximum absolute atomic E-state index is 12.1. The number of nitrogens with zero attached hydrogens (tertiary/aromatic N) is 2. The van der Waals surface area contributed by atoms with Gasteiger partial charge in [0.2, 0.25) is 0 Å². The number of amides is 4. The van der Waals surface area contributed by atoms with E-state index in [9.17, 15) is 14.4 Å². The molecular formula is C15H18N2O3. The first kappa shape index (κ1) is 14.2. The molecule has 1 saturated heterocycles. The van der Waals surface area contributed by atoms with Gasteiger partial charge in [-0.1, -0.05) is 43.7 Å². The number of aryl methyl sites for hydroxylation is 1. The number of imide groups is 2. The number of hydrogen-bond donors (Lipinski definition) is 0. The molecule has 1 aromatic rings. The zero-order valence-corrected chi connectivity index (χ0v) is 11.9. The Morgan fingerprint density at radius 3 is 2.05 bits per heavy atom. The van der Waals surface area contributed by atoms with Gasteiger partial charge in [-0.25, -0.2) is 4.79 Å². The molecule has 1 aromatic carbocycles. The highest BCUT2D eigenvalue weighted by molar-refractivity contribution is 6.44. The van der Waals surface area contributed by atoms with Gasteiger partial charge in [-0.05, 0) is 18.4 Å². The largest absolute Gasteiger partial charge is 0.334 e. The number of hydrogen-bond acceptors (Lipinski definition) is 3. The Balaban J connectivity index is 2.16. The lowest BCUT2D eigenvalue weighted by Gasteiger charge is -2.17. The van der Waals surface area contributed by atoms with E-state index in [0.29, 0.717) is 0 Å². The van der Waals surface area contributed by atoms with E-state index in [4.69, 9.17) is 0 Å². The minimum atomic E-state index is -0.740. The van der Waals surface area contributed by atoms with E-state index in [1.165, 1.54) is 0 Å². The van der Waals surface area contributed by atoms with Crippen molar-refractivity contribution in [1.29, 1.82) is 0 Å². The summed E-state index contributed by atoms with van der Waals surface area (Å²) in [5, 5.41) is 0. The third-order valence-electron chi connectivity index (χ3n) is 3.14. The van der Waals surface area contributed by atoms with Crippen LogP contribution in [0.1, 0.15) is 25.0 Å². The lowest BCUT2D eigenvalue weighted by Crippen LogP contribution is -2.35. The van der Waals surface area contributed by atoms with Crippen molar-refractivity contribution in [1.82, 2.24) is 9.80 Å². The summed E-state index contributed by atoms with van der Waals surface area (Å²) in [6.07, 6.45) is 0. The maximum Gasteiger partial charge on any atom is 0.334 e. The normalized spacial score (nSPS) is 15.7. The summed E-state index contributed by atoms with van der Waals surface area (Å²) in [6, 6.07) is 7.01. The smallest absolute Gasteiger partial charge is 0.263 e. The van der Waals surface area contributed by atoms with Crippen LogP contribution in [0.4, 0.5) is 4.79 Å². The van der Waals surface area contributed by atoms with Gasteiger partial charge in [-0.3, -0.25) is 19.4 Å². The van der Waals surface area contributed by atoms with E-state index >= 15 is 0 Å². The van der Waals surface area contributed by atoms with Gasteiger partial charge in [-0.15, -0.1) is 0 Å². The molecule has 20 heavy (non-hydrogen) atoms. The third-order valence-corrected chi connectivity index (χ3v) is 3.14. The second-order valence-electron chi connectivity index (χ2n) is 5.47. The first-order chi connectivity index (χ1) is 9.40. The number of urea groups is 1. The molecule has 2 rings (SSSR count). The summed E-state index contributed by atoms with van der Waals surface area (Å²) in [5.74, 6) is -1.33. The quantitative estimate of drug-likeness (QED) is 0.623. The average Bonchev–Trinajstić information content (AvgIpc) is 2.58. The molecule has 0 saturated carbocycles. The zero-order valence-electron chi connectivity index (χ0n) is 11.9. The van der Waals surface area contributed by atoms with E-state index in [0.717, 1.165) is 20.9 Å². The third kappa shape index (κ3) is 2.71. The molecule has 5 nitrogen and oxygen atoms in total. The molecule has 5 heteroatoms.